The highest BCUT2D eigenvalue weighted by Gasteiger charge is 2.13. The molecule has 13 heavy (non-hydrogen) atoms. The zero-order valence-corrected chi connectivity index (χ0v) is 8.88. The number of halogens is 3. The number of hydrogen-bond donors (Lipinski definition) is 0. The molecule has 1 heterocycles. The summed E-state index contributed by atoms with van der Waals surface area (Å²) in [6.45, 7) is 1.67. The highest BCUT2D eigenvalue weighted by atomic mass is 127. The molecular weight excluding hydrogens is 291 g/mol. The van der Waals surface area contributed by atoms with Gasteiger partial charge in [0.1, 0.15) is 11.4 Å². The van der Waals surface area contributed by atoms with Crippen molar-refractivity contribution in [2.24, 2.45) is 0 Å². The van der Waals surface area contributed by atoms with Crippen molar-refractivity contribution in [2.45, 2.75) is 13.3 Å². The second-order valence-electron chi connectivity index (χ2n) is 2.48. The zero-order valence-electron chi connectivity index (χ0n) is 6.72. The van der Waals surface area contributed by atoms with Crippen molar-refractivity contribution in [2.75, 3.05) is 0 Å². The summed E-state index contributed by atoms with van der Waals surface area (Å²) in [6.07, 6.45) is -2.14. The van der Waals surface area contributed by atoms with Crippen molar-refractivity contribution >= 4 is 28.9 Å². The zero-order chi connectivity index (χ0) is 10.0. The number of aromatic nitrogens is 1. The number of nitrogens with zero attached hydrogens (tertiary/aromatic N) is 1. The quantitative estimate of drug-likeness (QED) is 0.620. The Morgan fingerprint density at radius 1 is 1.62 bits per heavy atom. The van der Waals surface area contributed by atoms with E-state index >= 15 is 0 Å². The molecule has 0 saturated heterocycles. The Bertz CT molecular complexity index is 341. The number of aldehydes is 1. The van der Waals surface area contributed by atoms with Gasteiger partial charge in [0.15, 0.2) is 6.29 Å². The van der Waals surface area contributed by atoms with Crippen molar-refractivity contribution < 1.29 is 13.6 Å². The molecule has 0 atom stereocenters. The van der Waals surface area contributed by atoms with Gasteiger partial charge >= 0.3 is 0 Å². The summed E-state index contributed by atoms with van der Waals surface area (Å²) in [6, 6.07) is 1.29. The van der Waals surface area contributed by atoms with E-state index in [0.29, 0.717) is 15.4 Å². The molecule has 0 unspecified atom stereocenters. The molecule has 70 valence electrons. The topological polar surface area (TPSA) is 30.0 Å². The van der Waals surface area contributed by atoms with Crippen LogP contribution in [-0.4, -0.2) is 11.3 Å². The number of alkyl halides is 2. The van der Waals surface area contributed by atoms with Crippen molar-refractivity contribution in [3.63, 3.8) is 0 Å². The van der Waals surface area contributed by atoms with Crippen LogP contribution in [0.5, 0.6) is 0 Å². The van der Waals surface area contributed by atoms with Crippen LogP contribution in [0.3, 0.4) is 0 Å². The first kappa shape index (κ1) is 10.5. The van der Waals surface area contributed by atoms with E-state index in [1.807, 2.05) is 22.6 Å². The van der Waals surface area contributed by atoms with Crippen LogP contribution >= 0.6 is 22.6 Å². The maximum absolute atomic E-state index is 12.2. The van der Waals surface area contributed by atoms with Gasteiger partial charge < -0.3 is 0 Å². The van der Waals surface area contributed by atoms with Gasteiger partial charge in [-0.15, -0.1) is 0 Å². The maximum atomic E-state index is 12.2. The average Bonchev–Trinajstić information content (AvgIpc) is 2.09. The van der Waals surface area contributed by atoms with E-state index in [-0.39, 0.29) is 11.4 Å². The van der Waals surface area contributed by atoms with E-state index in [4.69, 9.17) is 0 Å². The Morgan fingerprint density at radius 2 is 2.23 bits per heavy atom. The second-order valence-corrected chi connectivity index (χ2v) is 3.56. The van der Waals surface area contributed by atoms with E-state index in [1.165, 1.54) is 6.07 Å². The Hall–Kier alpha value is -0.590. The molecule has 0 aliphatic rings. The molecule has 0 spiro atoms. The predicted octanol–water partition coefficient (Wildman–Crippen LogP) is 2.74. The first-order valence-electron chi connectivity index (χ1n) is 3.46. The van der Waals surface area contributed by atoms with Gasteiger partial charge in [0, 0.05) is 3.57 Å². The molecule has 0 aromatic carbocycles. The SMILES string of the molecule is Cc1cc(C(F)F)nc(C=O)c1I. The fourth-order valence-corrected chi connectivity index (χ4v) is 1.30. The molecule has 1 aromatic rings. The third-order valence-corrected chi connectivity index (χ3v) is 2.92. The fraction of sp³-hybridized carbons (Fsp3) is 0.250. The standard InChI is InChI=1S/C8H6F2INO/c1-4-2-5(8(9)10)12-6(3-13)7(4)11/h2-3,8H,1H3. The van der Waals surface area contributed by atoms with E-state index < -0.39 is 6.43 Å². The van der Waals surface area contributed by atoms with Crippen LogP contribution in [0.4, 0.5) is 8.78 Å². The summed E-state index contributed by atoms with van der Waals surface area (Å²) in [5, 5.41) is 0. The lowest BCUT2D eigenvalue weighted by molar-refractivity contribution is 0.111. The molecule has 2 nitrogen and oxygen atoms in total. The summed E-state index contributed by atoms with van der Waals surface area (Å²) in [4.78, 5) is 14.0. The minimum atomic E-state index is -2.63. The molecular formula is C8H6F2INO. The Kier molecular flexibility index (Phi) is 3.29. The van der Waals surface area contributed by atoms with E-state index in [0.717, 1.165) is 0 Å². The van der Waals surface area contributed by atoms with Gasteiger partial charge in [0.2, 0.25) is 0 Å². The lowest BCUT2D eigenvalue weighted by Crippen LogP contribution is -2.00. The van der Waals surface area contributed by atoms with E-state index in [1.54, 1.807) is 6.92 Å². The van der Waals surface area contributed by atoms with Crippen molar-refractivity contribution in [1.29, 1.82) is 0 Å². The number of pyridine rings is 1. The normalized spacial score (nSPS) is 10.5. The molecule has 0 fully saturated rings. The number of aryl methyl sites for hydroxylation is 1. The molecule has 0 radical (unpaired) electrons. The Morgan fingerprint density at radius 3 is 2.69 bits per heavy atom. The van der Waals surface area contributed by atoms with Gasteiger partial charge in [-0.25, -0.2) is 13.8 Å². The van der Waals surface area contributed by atoms with Crippen LogP contribution in [0.1, 0.15) is 28.2 Å². The maximum Gasteiger partial charge on any atom is 0.280 e. The summed E-state index contributed by atoms with van der Waals surface area (Å²) in [5.74, 6) is 0. The minimum absolute atomic E-state index is 0.0795. The molecule has 0 aliphatic heterocycles. The number of carbonyl (C=O) groups is 1. The highest BCUT2D eigenvalue weighted by molar-refractivity contribution is 14.1. The molecule has 5 heteroatoms. The molecule has 0 bridgehead atoms. The molecule has 1 rings (SSSR count). The van der Waals surface area contributed by atoms with Gasteiger partial charge in [-0.05, 0) is 41.1 Å². The summed E-state index contributed by atoms with van der Waals surface area (Å²) < 4.78 is 25.1. The van der Waals surface area contributed by atoms with Crippen LogP contribution < -0.4 is 0 Å². The molecule has 1 aromatic heterocycles. The van der Waals surface area contributed by atoms with Crippen molar-refractivity contribution in [3.8, 4) is 0 Å². The molecule has 0 N–H and O–H groups in total. The summed E-state index contributed by atoms with van der Waals surface area (Å²) in [7, 11) is 0. The van der Waals surface area contributed by atoms with E-state index in [2.05, 4.69) is 4.98 Å². The summed E-state index contributed by atoms with van der Waals surface area (Å²) >= 11 is 1.91. The van der Waals surface area contributed by atoms with Gasteiger partial charge in [0.25, 0.3) is 6.43 Å². The lowest BCUT2D eigenvalue weighted by Gasteiger charge is -2.04. The third kappa shape index (κ3) is 2.20. The monoisotopic (exact) mass is 297 g/mol. The number of carbonyl (C=O) groups excluding carboxylic acids is 1. The fourth-order valence-electron chi connectivity index (χ4n) is 0.898. The third-order valence-electron chi connectivity index (χ3n) is 1.52. The van der Waals surface area contributed by atoms with Gasteiger partial charge in [0.05, 0.1) is 0 Å². The van der Waals surface area contributed by atoms with Crippen LogP contribution in [0.25, 0.3) is 0 Å². The van der Waals surface area contributed by atoms with Gasteiger partial charge in [-0.2, -0.15) is 0 Å². The smallest absolute Gasteiger partial charge is 0.280 e. The predicted molar refractivity (Wildman–Crippen MR) is 52.0 cm³/mol. The average molecular weight is 297 g/mol. The minimum Gasteiger partial charge on any atom is -0.296 e. The molecule has 0 saturated carbocycles. The van der Waals surface area contributed by atoms with Crippen LogP contribution in [0.2, 0.25) is 0 Å². The van der Waals surface area contributed by atoms with E-state index in [9.17, 15) is 13.6 Å². The first-order chi connectivity index (χ1) is 6.06. The lowest BCUT2D eigenvalue weighted by atomic mass is 10.2. The largest absolute Gasteiger partial charge is 0.296 e. The first-order valence-corrected chi connectivity index (χ1v) is 4.54. The number of rotatable bonds is 2. The summed E-state index contributed by atoms with van der Waals surface area (Å²) in [5.41, 5.74) is 0.379. The highest BCUT2D eigenvalue weighted by Crippen LogP contribution is 2.21. The van der Waals surface area contributed by atoms with Crippen molar-refractivity contribution in [1.82, 2.24) is 4.98 Å². The number of hydrogen-bond acceptors (Lipinski definition) is 2. The van der Waals surface area contributed by atoms with Gasteiger partial charge in [-0.1, -0.05) is 0 Å². The Balaban J connectivity index is 3.30. The molecule has 0 amide bonds. The molecule has 0 aliphatic carbocycles. The van der Waals surface area contributed by atoms with Crippen LogP contribution in [0.15, 0.2) is 6.07 Å². The van der Waals surface area contributed by atoms with Gasteiger partial charge in [-0.3, -0.25) is 4.79 Å². The Labute approximate surface area is 87.5 Å². The second kappa shape index (κ2) is 4.08. The van der Waals surface area contributed by atoms with Crippen LogP contribution in [-0.2, 0) is 0 Å². The van der Waals surface area contributed by atoms with Crippen molar-refractivity contribution in [3.05, 3.63) is 26.6 Å². The van der Waals surface area contributed by atoms with Crippen LogP contribution in [0, 0.1) is 10.5 Å².